The maximum absolute atomic E-state index is 15.0. The van der Waals surface area contributed by atoms with Crippen LogP contribution >= 0.6 is 0 Å². The minimum absolute atomic E-state index is 0.0848. The monoisotopic (exact) mass is 564 g/mol. The smallest absolute Gasteiger partial charge is 0.338 e. The highest BCUT2D eigenvalue weighted by atomic mass is 19.1. The summed E-state index contributed by atoms with van der Waals surface area (Å²) in [5.74, 6) is 0.283. The van der Waals surface area contributed by atoms with Gasteiger partial charge in [0.25, 0.3) is 0 Å². The van der Waals surface area contributed by atoms with Gasteiger partial charge in [0, 0.05) is 44.1 Å². The Hall–Kier alpha value is -3.38. The van der Waals surface area contributed by atoms with Crippen LogP contribution in [0.4, 0.5) is 10.2 Å². The first-order valence-electron chi connectivity index (χ1n) is 14.7. The first kappa shape index (κ1) is 29.1. The molecule has 0 bridgehead atoms. The van der Waals surface area contributed by atoms with Crippen LogP contribution in [0.3, 0.4) is 0 Å². The predicted octanol–water partition coefficient (Wildman–Crippen LogP) is 5.37. The number of hydrogen-bond donors (Lipinski definition) is 1. The Morgan fingerprint density at radius 1 is 1.24 bits per heavy atom. The summed E-state index contributed by atoms with van der Waals surface area (Å²) >= 11 is 0. The third kappa shape index (κ3) is 5.72. The summed E-state index contributed by atoms with van der Waals surface area (Å²) in [6, 6.07) is 7.18. The molecule has 2 fully saturated rings. The second-order valence-electron chi connectivity index (χ2n) is 12.4. The zero-order valence-corrected chi connectivity index (χ0v) is 24.6. The fraction of sp³-hybridized carbons (Fsp3) is 0.594. The minimum Gasteiger partial charge on any atom is -0.512 e. The molecule has 3 heterocycles. The number of anilines is 1. The number of aliphatic hydroxyl groups excluding tert-OH is 1. The lowest BCUT2D eigenvalue weighted by Crippen LogP contribution is -2.46. The van der Waals surface area contributed by atoms with Gasteiger partial charge >= 0.3 is 5.97 Å². The molecule has 0 radical (unpaired) electrons. The van der Waals surface area contributed by atoms with Crippen molar-refractivity contribution >= 4 is 11.8 Å². The summed E-state index contributed by atoms with van der Waals surface area (Å²) in [6.45, 7) is 8.06. The normalized spacial score (nSPS) is 22.2. The Balaban J connectivity index is 1.40. The third-order valence-electron chi connectivity index (χ3n) is 9.26. The van der Waals surface area contributed by atoms with Gasteiger partial charge in [0.2, 0.25) is 0 Å². The molecule has 5 rings (SSSR count). The number of cyclic esters (lactones) is 1. The lowest BCUT2D eigenvalue weighted by molar-refractivity contribution is -0.167. The molecule has 0 amide bonds. The van der Waals surface area contributed by atoms with Gasteiger partial charge in [0.1, 0.15) is 23.0 Å². The summed E-state index contributed by atoms with van der Waals surface area (Å²) in [6.07, 6.45) is 5.49. The number of hydrogen-bond acceptors (Lipinski definition) is 7. The van der Waals surface area contributed by atoms with E-state index in [2.05, 4.69) is 16.1 Å². The van der Waals surface area contributed by atoms with Gasteiger partial charge in [-0.15, -0.1) is 0 Å². The maximum Gasteiger partial charge on any atom is 0.338 e. The SMILES string of the molecule is Cc1nn(C)c(N2CCOCC2)c1CC1=C(O)CC(CCc2ccc(C(C)(C)C#N)c(F)c2)(C2CCCC2)OC1=O. The van der Waals surface area contributed by atoms with Gasteiger partial charge in [-0.05, 0) is 64.0 Å². The number of nitrogens with zero attached hydrogens (tertiary/aromatic N) is 4. The molecule has 1 atom stereocenters. The number of morpholine rings is 1. The number of aryl methyl sites for hydroxylation is 3. The molecule has 1 saturated heterocycles. The van der Waals surface area contributed by atoms with Crippen LogP contribution in [0.1, 0.15) is 74.8 Å². The van der Waals surface area contributed by atoms with Crippen molar-refractivity contribution in [2.45, 2.75) is 83.2 Å². The summed E-state index contributed by atoms with van der Waals surface area (Å²) < 4.78 is 28.7. The number of esters is 1. The van der Waals surface area contributed by atoms with Crippen molar-refractivity contribution in [3.8, 4) is 6.07 Å². The molecule has 220 valence electrons. The van der Waals surface area contributed by atoms with E-state index in [4.69, 9.17) is 9.47 Å². The predicted molar refractivity (Wildman–Crippen MR) is 153 cm³/mol. The topological polar surface area (TPSA) is 101 Å². The Kier molecular flexibility index (Phi) is 8.15. The van der Waals surface area contributed by atoms with Crippen LogP contribution in [0.15, 0.2) is 29.5 Å². The quantitative estimate of drug-likeness (QED) is 0.430. The van der Waals surface area contributed by atoms with Crippen LogP contribution in [0, 0.1) is 30.0 Å². The third-order valence-corrected chi connectivity index (χ3v) is 9.26. The van der Waals surface area contributed by atoms with Gasteiger partial charge in [-0.25, -0.2) is 9.18 Å². The lowest BCUT2D eigenvalue weighted by Gasteiger charge is -2.42. The van der Waals surface area contributed by atoms with Crippen LogP contribution in [-0.4, -0.2) is 52.8 Å². The molecule has 1 aromatic carbocycles. The van der Waals surface area contributed by atoms with Gasteiger partial charge in [-0.2, -0.15) is 10.4 Å². The highest BCUT2D eigenvalue weighted by Gasteiger charge is 2.48. The van der Waals surface area contributed by atoms with Crippen LogP contribution in [0.25, 0.3) is 0 Å². The zero-order valence-electron chi connectivity index (χ0n) is 24.6. The number of ether oxygens (including phenoxy) is 2. The summed E-state index contributed by atoms with van der Waals surface area (Å²) in [5, 5.41) is 25.5. The molecular formula is C32H41FN4O4. The molecule has 1 N–H and O–H groups in total. The molecule has 2 aliphatic heterocycles. The Labute approximate surface area is 241 Å². The van der Waals surface area contributed by atoms with Crippen molar-refractivity contribution in [2.24, 2.45) is 13.0 Å². The molecule has 1 aliphatic carbocycles. The van der Waals surface area contributed by atoms with E-state index in [9.17, 15) is 19.6 Å². The van der Waals surface area contributed by atoms with Crippen molar-refractivity contribution in [3.63, 3.8) is 0 Å². The fourth-order valence-corrected chi connectivity index (χ4v) is 6.87. The molecule has 3 aliphatic rings. The molecule has 1 saturated carbocycles. The molecule has 8 nitrogen and oxygen atoms in total. The average Bonchev–Trinajstić information content (AvgIpc) is 3.58. The number of nitriles is 1. The molecule has 9 heteroatoms. The first-order valence-corrected chi connectivity index (χ1v) is 14.7. The summed E-state index contributed by atoms with van der Waals surface area (Å²) in [7, 11) is 1.90. The Bertz CT molecular complexity index is 1380. The standard InChI is InChI=1S/C32H41FN4O4/c1-21-24(29(36(4)35-21)37-13-15-40-16-14-37)18-25-28(38)19-32(41-30(25)39,23-7-5-6-8-23)12-11-22-9-10-26(27(33)17-22)31(2,3)20-34/h9-10,17,23,38H,5-8,11-16,18-19H2,1-4H3. The number of carbonyl (C=O) groups excluding carboxylic acids is 1. The number of aliphatic hydroxyl groups is 1. The van der Waals surface area contributed by atoms with E-state index in [1.807, 2.05) is 24.7 Å². The van der Waals surface area contributed by atoms with Crippen LogP contribution < -0.4 is 4.90 Å². The van der Waals surface area contributed by atoms with Gasteiger partial charge in [-0.3, -0.25) is 4.68 Å². The number of halogens is 1. The maximum atomic E-state index is 15.0. The number of benzene rings is 1. The zero-order chi connectivity index (χ0) is 29.4. The summed E-state index contributed by atoms with van der Waals surface area (Å²) in [4.78, 5) is 15.9. The van der Waals surface area contributed by atoms with Crippen molar-refractivity contribution < 1.29 is 23.8 Å². The minimum atomic E-state index is -0.923. The summed E-state index contributed by atoms with van der Waals surface area (Å²) in [5.41, 5.74) is 1.41. The second kappa shape index (κ2) is 11.5. The number of aromatic nitrogens is 2. The van der Waals surface area contributed by atoms with E-state index in [0.29, 0.717) is 37.2 Å². The molecule has 1 aromatic heterocycles. The van der Waals surface area contributed by atoms with Gasteiger partial charge in [0.15, 0.2) is 0 Å². The fourth-order valence-electron chi connectivity index (χ4n) is 6.87. The van der Waals surface area contributed by atoms with E-state index in [1.54, 1.807) is 19.9 Å². The Morgan fingerprint density at radius 2 is 1.95 bits per heavy atom. The molecular weight excluding hydrogens is 523 g/mol. The van der Waals surface area contributed by atoms with Gasteiger partial charge < -0.3 is 19.5 Å². The average molecular weight is 565 g/mol. The van der Waals surface area contributed by atoms with Crippen molar-refractivity contribution in [1.29, 1.82) is 5.26 Å². The van der Waals surface area contributed by atoms with Crippen LogP contribution in [0.5, 0.6) is 0 Å². The van der Waals surface area contributed by atoms with Crippen LogP contribution in [-0.2, 0) is 39.6 Å². The van der Waals surface area contributed by atoms with E-state index in [1.165, 1.54) is 6.07 Å². The number of rotatable bonds is 8. The highest BCUT2D eigenvalue weighted by Crippen LogP contribution is 2.46. The van der Waals surface area contributed by atoms with Crippen molar-refractivity contribution in [2.75, 3.05) is 31.2 Å². The van der Waals surface area contributed by atoms with E-state index < -0.39 is 22.8 Å². The van der Waals surface area contributed by atoms with E-state index in [0.717, 1.165) is 61.4 Å². The molecule has 1 unspecified atom stereocenters. The van der Waals surface area contributed by atoms with Crippen molar-refractivity contribution in [1.82, 2.24) is 9.78 Å². The van der Waals surface area contributed by atoms with Crippen LogP contribution in [0.2, 0.25) is 0 Å². The largest absolute Gasteiger partial charge is 0.512 e. The Morgan fingerprint density at radius 3 is 2.59 bits per heavy atom. The van der Waals surface area contributed by atoms with Crippen molar-refractivity contribution in [3.05, 3.63) is 57.7 Å². The molecule has 2 aromatic rings. The number of carbonyl (C=O) groups is 1. The molecule has 41 heavy (non-hydrogen) atoms. The van der Waals surface area contributed by atoms with Gasteiger partial charge in [-0.1, -0.05) is 25.0 Å². The lowest BCUT2D eigenvalue weighted by atomic mass is 9.76. The van der Waals surface area contributed by atoms with E-state index in [-0.39, 0.29) is 24.5 Å². The first-order chi connectivity index (χ1) is 19.5. The van der Waals surface area contributed by atoms with E-state index >= 15 is 0 Å². The molecule has 0 spiro atoms. The van der Waals surface area contributed by atoms with Gasteiger partial charge in [0.05, 0.1) is 36.0 Å². The highest BCUT2D eigenvalue weighted by molar-refractivity contribution is 5.91. The second-order valence-corrected chi connectivity index (χ2v) is 12.4.